The van der Waals surface area contributed by atoms with Crippen molar-refractivity contribution in [1.82, 2.24) is 34.9 Å². The number of guanidine groups is 1. The number of nitrogens with one attached hydrogen (secondary N) is 2. The summed E-state index contributed by atoms with van der Waals surface area (Å²) in [5, 5.41) is 12.0. The number of aromatic amines is 1. The fourth-order valence-corrected chi connectivity index (χ4v) is 3.77. The van der Waals surface area contributed by atoms with Gasteiger partial charge < -0.3 is 19.8 Å². The summed E-state index contributed by atoms with van der Waals surface area (Å²) in [6, 6.07) is 10.7. The van der Waals surface area contributed by atoms with E-state index in [1.54, 1.807) is 0 Å². The molecule has 30 heavy (non-hydrogen) atoms. The number of benzene rings is 1. The molecule has 1 aromatic carbocycles. The van der Waals surface area contributed by atoms with E-state index in [0.29, 0.717) is 19.1 Å². The zero-order valence-corrected chi connectivity index (χ0v) is 18.0. The van der Waals surface area contributed by atoms with E-state index in [2.05, 4.69) is 42.5 Å². The highest BCUT2D eigenvalue weighted by Crippen LogP contribution is 2.19. The van der Waals surface area contributed by atoms with Crippen molar-refractivity contribution in [3.8, 4) is 11.3 Å². The van der Waals surface area contributed by atoms with Crippen LogP contribution in [0, 0.1) is 6.92 Å². The molecule has 158 valence electrons. The van der Waals surface area contributed by atoms with Gasteiger partial charge in [-0.25, -0.2) is 9.98 Å². The van der Waals surface area contributed by atoms with Gasteiger partial charge in [0.2, 0.25) is 0 Å². The zero-order valence-electron chi connectivity index (χ0n) is 18.0. The van der Waals surface area contributed by atoms with Gasteiger partial charge in [-0.2, -0.15) is 0 Å². The van der Waals surface area contributed by atoms with Crippen molar-refractivity contribution in [2.45, 2.75) is 51.7 Å². The number of rotatable bonds is 6. The quantitative estimate of drug-likeness (QED) is 0.485. The van der Waals surface area contributed by atoms with E-state index in [-0.39, 0.29) is 0 Å². The summed E-state index contributed by atoms with van der Waals surface area (Å²) in [4.78, 5) is 15.0. The summed E-state index contributed by atoms with van der Waals surface area (Å²) in [5.41, 5.74) is 2.16. The lowest BCUT2D eigenvalue weighted by Gasteiger charge is -2.24. The van der Waals surface area contributed by atoms with Crippen molar-refractivity contribution in [3.63, 3.8) is 0 Å². The Hall–Kier alpha value is -3.16. The summed E-state index contributed by atoms with van der Waals surface area (Å²) in [6.07, 6.45) is 6.82. The first-order valence-electron chi connectivity index (χ1n) is 10.6. The maximum Gasteiger partial charge on any atom is 0.194 e. The van der Waals surface area contributed by atoms with Gasteiger partial charge in [-0.3, -0.25) is 0 Å². The van der Waals surface area contributed by atoms with Crippen LogP contribution in [0.3, 0.4) is 0 Å². The van der Waals surface area contributed by atoms with Gasteiger partial charge >= 0.3 is 0 Å². The third-order valence-corrected chi connectivity index (χ3v) is 5.70. The summed E-state index contributed by atoms with van der Waals surface area (Å²) in [7, 11) is 4.02. The Kier molecular flexibility index (Phi) is 6.11. The topological polar surface area (TPSA) is 87.0 Å². The number of aromatic nitrogens is 5. The first kappa shape index (κ1) is 20.1. The highest BCUT2D eigenvalue weighted by molar-refractivity contribution is 5.80. The Balaban J connectivity index is 1.48. The zero-order chi connectivity index (χ0) is 20.9. The van der Waals surface area contributed by atoms with Crippen molar-refractivity contribution in [2.24, 2.45) is 12.0 Å². The predicted molar refractivity (Wildman–Crippen MR) is 118 cm³/mol. The molecule has 0 saturated heterocycles. The van der Waals surface area contributed by atoms with E-state index >= 15 is 0 Å². The first-order valence-corrected chi connectivity index (χ1v) is 10.6. The largest absolute Gasteiger partial charge is 0.353 e. The normalized spacial score (nSPS) is 15.0. The Bertz CT molecular complexity index is 982. The minimum Gasteiger partial charge on any atom is -0.353 e. The molecule has 0 amide bonds. The standard InChI is InChI=1S/C22H30N8/c1-16-27-28-21(30(16)3)14-24-22(25-18-11-7-8-12-18)29(2)15-20-23-13-19(26-20)17-9-5-4-6-10-17/h4-6,9-10,13,18H,7-8,11-12,14-15H2,1-3H3,(H,23,26)(H,24,25). The van der Waals surface area contributed by atoms with E-state index in [1.807, 2.05) is 50.0 Å². The predicted octanol–water partition coefficient (Wildman–Crippen LogP) is 3.03. The average Bonchev–Trinajstić information content (AvgIpc) is 3.50. The van der Waals surface area contributed by atoms with E-state index in [4.69, 9.17) is 4.99 Å². The fourth-order valence-electron chi connectivity index (χ4n) is 3.77. The number of hydrogen-bond donors (Lipinski definition) is 2. The van der Waals surface area contributed by atoms with E-state index in [1.165, 1.54) is 25.7 Å². The van der Waals surface area contributed by atoms with Crippen LogP contribution in [0.2, 0.25) is 0 Å². The molecule has 8 nitrogen and oxygen atoms in total. The number of hydrogen-bond acceptors (Lipinski definition) is 4. The minimum atomic E-state index is 0.476. The second-order valence-corrected chi connectivity index (χ2v) is 7.95. The summed E-state index contributed by atoms with van der Waals surface area (Å²) < 4.78 is 1.98. The van der Waals surface area contributed by atoms with Crippen LogP contribution in [0.5, 0.6) is 0 Å². The number of H-pyrrole nitrogens is 1. The Labute approximate surface area is 177 Å². The van der Waals surface area contributed by atoms with Crippen molar-refractivity contribution in [3.05, 3.63) is 54.0 Å². The lowest BCUT2D eigenvalue weighted by Crippen LogP contribution is -2.43. The number of imidazole rings is 1. The second-order valence-electron chi connectivity index (χ2n) is 7.95. The van der Waals surface area contributed by atoms with Crippen LogP contribution in [0.25, 0.3) is 11.3 Å². The number of aryl methyl sites for hydroxylation is 1. The van der Waals surface area contributed by atoms with E-state index in [0.717, 1.165) is 34.7 Å². The van der Waals surface area contributed by atoms with Crippen molar-refractivity contribution in [2.75, 3.05) is 7.05 Å². The molecule has 1 aliphatic rings. The van der Waals surface area contributed by atoms with Crippen molar-refractivity contribution < 1.29 is 0 Å². The molecule has 1 fully saturated rings. The van der Waals surface area contributed by atoms with Gasteiger partial charge in [0.05, 0.1) is 18.4 Å². The Morgan fingerprint density at radius 1 is 1.23 bits per heavy atom. The van der Waals surface area contributed by atoms with Gasteiger partial charge in [0.15, 0.2) is 11.8 Å². The van der Waals surface area contributed by atoms with E-state index < -0.39 is 0 Å². The molecule has 1 saturated carbocycles. The van der Waals surface area contributed by atoms with Crippen LogP contribution >= 0.6 is 0 Å². The van der Waals surface area contributed by atoms with Crippen LogP contribution < -0.4 is 5.32 Å². The van der Waals surface area contributed by atoms with Gasteiger partial charge in [-0.05, 0) is 25.3 Å². The third kappa shape index (κ3) is 4.69. The van der Waals surface area contributed by atoms with Gasteiger partial charge in [-0.15, -0.1) is 10.2 Å². The van der Waals surface area contributed by atoms with E-state index in [9.17, 15) is 0 Å². The fraction of sp³-hybridized carbons (Fsp3) is 0.455. The number of nitrogens with zero attached hydrogens (tertiary/aromatic N) is 6. The molecule has 2 N–H and O–H groups in total. The van der Waals surface area contributed by atoms with Gasteiger partial charge in [0, 0.05) is 20.1 Å². The first-order chi connectivity index (χ1) is 14.6. The molecule has 8 heteroatoms. The third-order valence-electron chi connectivity index (χ3n) is 5.70. The Morgan fingerprint density at radius 2 is 2.00 bits per heavy atom. The molecule has 0 radical (unpaired) electrons. The molecule has 2 heterocycles. The lowest BCUT2D eigenvalue weighted by molar-refractivity contribution is 0.446. The van der Waals surface area contributed by atoms with Gasteiger partial charge in [-0.1, -0.05) is 43.2 Å². The second kappa shape index (κ2) is 9.11. The number of aliphatic imine (C=N–C) groups is 1. The van der Waals surface area contributed by atoms with Crippen LogP contribution in [0.4, 0.5) is 0 Å². The molecule has 0 aliphatic heterocycles. The maximum absolute atomic E-state index is 4.86. The smallest absolute Gasteiger partial charge is 0.194 e. The molecule has 3 aromatic rings. The van der Waals surface area contributed by atoms with Crippen molar-refractivity contribution in [1.29, 1.82) is 0 Å². The highest BCUT2D eigenvalue weighted by atomic mass is 15.3. The van der Waals surface area contributed by atoms with Gasteiger partial charge in [0.25, 0.3) is 0 Å². The molecule has 0 spiro atoms. The van der Waals surface area contributed by atoms with Crippen molar-refractivity contribution >= 4 is 5.96 Å². The van der Waals surface area contributed by atoms with Crippen LogP contribution in [-0.2, 0) is 20.1 Å². The summed E-state index contributed by atoms with van der Waals surface area (Å²) in [6.45, 7) is 3.08. The molecule has 0 bridgehead atoms. The highest BCUT2D eigenvalue weighted by Gasteiger charge is 2.19. The molecular weight excluding hydrogens is 376 g/mol. The van der Waals surface area contributed by atoms with Crippen LogP contribution in [-0.4, -0.2) is 48.7 Å². The average molecular weight is 407 g/mol. The van der Waals surface area contributed by atoms with Crippen LogP contribution in [0.1, 0.15) is 43.2 Å². The minimum absolute atomic E-state index is 0.476. The Morgan fingerprint density at radius 3 is 2.70 bits per heavy atom. The van der Waals surface area contributed by atoms with Gasteiger partial charge in [0.1, 0.15) is 18.2 Å². The molecule has 0 atom stereocenters. The summed E-state index contributed by atoms with van der Waals surface area (Å²) >= 11 is 0. The molecule has 2 aromatic heterocycles. The molecule has 1 aliphatic carbocycles. The van der Waals surface area contributed by atoms with Crippen LogP contribution in [0.15, 0.2) is 41.5 Å². The monoisotopic (exact) mass is 406 g/mol. The maximum atomic E-state index is 4.86. The molecular formula is C22H30N8. The molecule has 4 rings (SSSR count). The molecule has 0 unspecified atom stereocenters. The SMILES string of the molecule is Cc1nnc(CN=C(NC2CCCC2)N(C)Cc2ncc(-c3ccccc3)[nH]2)n1C. The lowest BCUT2D eigenvalue weighted by atomic mass is 10.2. The summed E-state index contributed by atoms with van der Waals surface area (Å²) in [5.74, 6) is 3.53.